The average Bonchev–Trinajstić information content (AvgIpc) is 2.86. The number of likely N-dealkylation sites (tertiary alicyclic amines) is 1. The first kappa shape index (κ1) is 16.3. The van der Waals surface area contributed by atoms with Crippen LogP contribution in [-0.2, 0) is 6.54 Å². The molecule has 1 saturated heterocycles. The number of nitrogens with zero attached hydrogens (tertiary/aromatic N) is 1. The normalized spacial score (nSPS) is 19.5. The number of hydrogen-bond donors (Lipinski definition) is 1. The van der Waals surface area contributed by atoms with Gasteiger partial charge in [-0.25, -0.2) is 0 Å². The molecule has 0 aliphatic carbocycles. The molecule has 20 heavy (non-hydrogen) atoms. The molecule has 1 atom stereocenters. The molecule has 3 nitrogen and oxygen atoms in total. The lowest BCUT2D eigenvalue weighted by molar-refractivity contribution is 0.339. The molecular weight excluding hydrogens is 384 g/mol. The number of hydrogen-bond acceptors (Lipinski definition) is 3. The summed E-state index contributed by atoms with van der Waals surface area (Å²) in [5.41, 5.74) is 1.26. The first-order chi connectivity index (χ1) is 9.63. The van der Waals surface area contributed by atoms with Crippen LogP contribution in [0.1, 0.15) is 18.9 Å². The van der Waals surface area contributed by atoms with E-state index in [2.05, 4.69) is 61.1 Å². The van der Waals surface area contributed by atoms with Crippen molar-refractivity contribution in [1.29, 1.82) is 0 Å². The lowest BCUT2D eigenvalue weighted by Gasteiger charge is -2.14. The van der Waals surface area contributed by atoms with Crippen molar-refractivity contribution < 1.29 is 4.74 Å². The molecule has 0 spiro atoms. The number of methoxy groups -OCH3 is 1. The summed E-state index contributed by atoms with van der Waals surface area (Å²) in [5.74, 6) is 1.64. The Hall–Kier alpha value is -0.100. The van der Waals surface area contributed by atoms with Crippen LogP contribution in [0.3, 0.4) is 0 Å². The van der Waals surface area contributed by atoms with E-state index in [1.165, 1.54) is 31.6 Å². The number of halogens is 2. The van der Waals surface area contributed by atoms with Gasteiger partial charge in [0.25, 0.3) is 0 Å². The van der Waals surface area contributed by atoms with Gasteiger partial charge < -0.3 is 15.0 Å². The van der Waals surface area contributed by atoms with Crippen molar-refractivity contribution in [2.24, 2.45) is 5.92 Å². The topological polar surface area (TPSA) is 24.5 Å². The van der Waals surface area contributed by atoms with E-state index in [1.54, 1.807) is 7.11 Å². The maximum atomic E-state index is 5.32. The second-order valence-corrected chi connectivity index (χ2v) is 6.98. The fraction of sp³-hybridized carbons (Fsp3) is 0.600. The molecule has 2 rings (SSSR count). The van der Waals surface area contributed by atoms with Crippen molar-refractivity contribution in [1.82, 2.24) is 10.2 Å². The smallest absolute Gasteiger partial charge is 0.147 e. The van der Waals surface area contributed by atoms with E-state index >= 15 is 0 Å². The van der Waals surface area contributed by atoms with Crippen molar-refractivity contribution in [3.05, 3.63) is 26.6 Å². The predicted molar refractivity (Wildman–Crippen MR) is 90.3 cm³/mol. The lowest BCUT2D eigenvalue weighted by atomic mass is 10.1. The predicted octanol–water partition coefficient (Wildman–Crippen LogP) is 3.65. The molecule has 1 N–H and O–H groups in total. The molecule has 112 valence electrons. The van der Waals surface area contributed by atoms with E-state index in [4.69, 9.17) is 4.74 Å². The fourth-order valence-corrected chi connectivity index (χ4v) is 4.30. The molecule has 1 aliphatic heterocycles. The Morgan fingerprint density at radius 1 is 1.35 bits per heavy atom. The minimum Gasteiger partial charge on any atom is -0.494 e. The Morgan fingerprint density at radius 2 is 2.05 bits per heavy atom. The maximum Gasteiger partial charge on any atom is 0.147 e. The summed E-state index contributed by atoms with van der Waals surface area (Å²) in [4.78, 5) is 2.52. The molecule has 1 aliphatic rings. The molecule has 0 radical (unpaired) electrons. The Balaban J connectivity index is 1.83. The Kier molecular flexibility index (Phi) is 6.33. The van der Waals surface area contributed by atoms with E-state index in [0.29, 0.717) is 0 Å². The third-order valence-corrected chi connectivity index (χ3v) is 5.02. The summed E-state index contributed by atoms with van der Waals surface area (Å²) in [6.07, 6.45) is 1.32. The molecule has 0 aromatic heterocycles. The van der Waals surface area contributed by atoms with Crippen LogP contribution in [0.2, 0.25) is 0 Å². The standard InChI is InChI=1S/C15H22Br2N2O/c1-3-19-5-4-11(10-19)8-18-9-12-6-13(16)15(20-2)14(17)7-12/h6-7,11,18H,3-5,8-10H2,1-2H3. The van der Waals surface area contributed by atoms with Crippen LogP contribution in [-0.4, -0.2) is 38.2 Å². The summed E-state index contributed by atoms with van der Waals surface area (Å²) < 4.78 is 7.30. The highest BCUT2D eigenvalue weighted by molar-refractivity contribution is 9.11. The number of nitrogens with one attached hydrogen (secondary N) is 1. The van der Waals surface area contributed by atoms with Gasteiger partial charge in [0.1, 0.15) is 5.75 Å². The van der Waals surface area contributed by atoms with E-state index in [9.17, 15) is 0 Å². The molecule has 0 saturated carbocycles. The SMILES string of the molecule is CCN1CCC(CNCc2cc(Br)c(OC)c(Br)c2)C1. The molecule has 1 aromatic carbocycles. The Labute approximate surface area is 138 Å². The number of ether oxygens (including phenoxy) is 1. The van der Waals surface area contributed by atoms with Crippen LogP contribution < -0.4 is 10.1 Å². The van der Waals surface area contributed by atoms with Crippen LogP contribution >= 0.6 is 31.9 Å². The lowest BCUT2D eigenvalue weighted by Crippen LogP contribution is -2.26. The van der Waals surface area contributed by atoms with Gasteiger partial charge in [0, 0.05) is 13.1 Å². The zero-order chi connectivity index (χ0) is 14.5. The molecule has 0 amide bonds. The van der Waals surface area contributed by atoms with Gasteiger partial charge in [-0.1, -0.05) is 6.92 Å². The van der Waals surface area contributed by atoms with E-state index in [1.807, 2.05) is 0 Å². The Morgan fingerprint density at radius 3 is 2.60 bits per heavy atom. The van der Waals surface area contributed by atoms with E-state index in [-0.39, 0.29) is 0 Å². The van der Waals surface area contributed by atoms with Gasteiger partial charge in [-0.05, 0) is 81.5 Å². The zero-order valence-electron chi connectivity index (χ0n) is 12.1. The molecule has 5 heteroatoms. The van der Waals surface area contributed by atoms with Crippen molar-refractivity contribution >= 4 is 31.9 Å². The third kappa shape index (κ3) is 4.20. The second-order valence-electron chi connectivity index (χ2n) is 5.27. The minimum absolute atomic E-state index is 0.792. The highest BCUT2D eigenvalue weighted by atomic mass is 79.9. The first-order valence-electron chi connectivity index (χ1n) is 7.09. The zero-order valence-corrected chi connectivity index (χ0v) is 15.3. The summed E-state index contributed by atoms with van der Waals surface area (Å²) in [6.45, 7) is 7.89. The van der Waals surface area contributed by atoms with E-state index in [0.717, 1.165) is 33.7 Å². The minimum atomic E-state index is 0.792. The van der Waals surface area contributed by atoms with Crippen molar-refractivity contribution in [2.75, 3.05) is 33.3 Å². The van der Waals surface area contributed by atoms with Gasteiger partial charge in [-0.3, -0.25) is 0 Å². The van der Waals surface area contributed by atoms with Crippen LogP contribution in [0.5, 0.6) is 5.75 Å². The largest absolute Gasteiger partial charge is 0.494 e. The van der Waals surface area contributed by atoms with Crippen LogP contribution in [0.4, 0.5) is 0 Å². The highest BCUT2D eigenvalue weighted by Gasteiger charge is 2.20. The van der Waals surface area contributed by atoms with Gasteiger partial charge in [0.2, 0.25) is 0 Å². The van der Waals surface area contributed by atoms with Gasteiger partial charge in [-0.15, -0.1) is 0 Å². The highest BCUT2D eigenvalue weighted by Crippen LogP contribution is 2.34. The monoisotopic (exact) mass is 404 g/mol. The van der Waals surface area contributed by atoms with E-state index < -0.39 is 0 Å². The summed E-state index contributed by atoms with van der Waals surface area (Å²) in [7, 11) is 1.68. The first-order valence-corrected chi connectivity index (χ1v) is 8.67. The molecular formula is C15H22Br2N2O. The van der Waals surface area contributed by atoms with Gasteiger partial charge in [-0.2, -0.15) is 0 Å². The average molecular weight is 406 g/mol. The van der Waals surface area contributed by atoms with Crippen molar-refractivity contribution in [2.45, 2.75) is 19.9 Å². The van der Waals surface area contributed by atoms with Crippen molar-refractivity contribution in [3.8, 4) is 5.75 Å². The maximum absolute atomic E-state index is 5.32. The molecule has 0 bridgehead atoms. The van der Waals surface area contributed by atoms with Gasteiger partial charge >= 0.3 is 0 Å². The summed E-state index contributed by atoms with van der Waals surface area (Å²) >= 11 is 7.09. The van der Waals surface area contributed by atoms with Gasteiger partial charge in [0.05, 0.1) is 16.1 Å². The number of benzene rings is 1. The Bertz CT molecular complexity index is 430. The fourth-order valence-electron chi connectivity index (χ4n) is 2.70. The summed E-state index contributed by atoms with van der Waals surface area (Å²) in [6, 6.07) is 4.23. The molecule has 1 fully saturated rings. The van der Waals surface area contributed by atoms with Crippen LogP contribution in [0.15, 0.2) is 21.1 Å². The van der Waals surface area contributed by atoms with Crippen LogP contribution in [0, 0.1) is 5.92 Å². The molecule has 1 heterocycles. The van der Waals surface area contributed by atoms with Crippen LogP contribution in [0.25, 0.3) is 0 Å². The third-order valence-electron chi connectivity index (χ3n) is 3.84. The molecule has 1 aromatic rings. The second kappa shape index (κ2) is 7.78. The summed E-state index contributed by atoms with van der Waals surface area (Å²) in [5, 5.41) is 3.57. The molecule has 1 unspecified atom stereocenters. The quantitative estimate of drug-likeness (QED) is 0.781. The number of rotatable bonds is 6. The van der Waals surface area contributed by atoms with Gasteiger partial charge in [0.15, 0.2) is 0 Å². The van der Waals surface area contributed by atoms with Crippen molar-refractivity contribution in [3.63, 3.8) is 0 Å².